The largest absolute Gasteiger partial charge is 0.369 e. The normalized spacial score (nSPS) is 34.7. The van der Waals surface area contributed by atoms with Gasteiger partial charge in [-0.2, -0.15) is 0 Å². The summed E-state index contributed by atoms with van der Waals surface area (Å²) in [6, 6.07) is 7.72. The van der Waals surface area contributed by atoms with Crippen molar-refractivity contribution in [1.29, 1.82) is 0 Å². The van der Waals surface area contributed by atoms with Crippen LogP contribution in [0.2, 0.25) is 0 Å². The molecular formula is C23H29BrN2O2. The number of primary amides is 2. The molecule has 5 heteroatoms. The molecule has 150 valence electrons. The van der Waals surface area contributed by atoms with Crippen molar-refractivity contribution in [2.24, 2.45) is 39.5 Å². The Bertz CT molecular complexity index is 866. The molecular weight excluding hydrogens is 416 g/mol. The second-order valence-electron chi connectivity index (χ2n) is 10.1. The number of benzene rings is 1. The van der Waals surface area contributed by atoms with Crippen molar-refractivity contribution in [2.75, 3.05) is 0 Å². The second-order valence-corrected chi connectivity index (χ2v) is 11.1. The Morgan fingerprint density at radius 1 is 1.04 bits per heavy atom. The molecule has 28 heavy (non-hydrogen) atoms. The van der Waals surface area contributed by atoms with Crippen molar-refractivity contribution < 1.29 is 9.59 Å². The zero-order chi connectivity index (χ0) is 20.5. The maximum atomic E-state index is 13.3. The van der Waals surface area contributed by atoms with Crippen LogP contribution in [0.25, 0.3) is 0 Å². The van der Waals surface area contributed by atoms with E-state index in [0.29, 0.717) is 6.42 Å². The molecule has 4 rings (SSSR count). The molecule has 0 heterocycles. The van der Waals surface area contributed by atoms with Crippen LogP contribution in [-0.2, 0) is 15.0 Å². The minimum atomic E-state index is -1.10. The number of nitrogens with two attached hydrogens (primary N) is 2. The summed E-state index contributed by atoms with van der Waals surface area (Å²) in [5.74, 6) is -0.913. The molecule has 1 spiro atoms. The fourth-order valence-corrected chi connectivity index (χ4v) is 6.64. The Hall–Kier alpha value is -1.62. The zero-order valence-electron chi connectivity index (χ0n) is 16.8. The Balaban J connectivity index is 2.00. The van der Waals surface area contributed by atoms with Crippen LogP contribution in [0.3, 0.4) is 0 Å². The average Bonchev–Trinajstić information content (AvgIpc) is 3.26. The third kappa shape index (κ3) is 2.28. The molecule has 0 radical (unpaired) electrons. The highest BCUT2D eigenvalue weighted by atomic mass is 79.9. The van der Waals surface area contributed by atoms with Gasteiger partial charge in [0, 0.05) is 10.4 Å². The summed E-state index contributed by atoms with van der Waals surface area (Å²) in [7, 11) is 0. The van der Waals surface area contributed by atoms with Gasteiger partial charge in [0.15, 0.2) is 0 Å². The number of amides is 2. The van der Waals surface area contributed by atoms with E-state index < -0.39 is 16.7 Å². The van der Waals surface area contributed by atoms with Crippen LogP contribution >= 0.6 is 15.9 Å². The van der Waals surface area contributed by atoms with Crippen LogP contribution in [-0.4, -0.2) is 11.8 Å². The van der Waals surface area contributed by atoms with Crippen molar-refractivity contribution in [3.63, 3.8) is 0 Å². The van der Waals surface area contributed by atoms with Crippen LogP contribution < -0.4 is 11.5 Å². The van der Waals surface area contributed by atoms with Crippen molar-refractivity contribution in [3.05, 3.63) is 46.5 Å². The highest BCUT2D eigenvalue weighted by molar-refractivity contribution is 9.10. The van der Waals surface area contributed by atoms with E-state index in [9.17, 15) is 9.59 Å². The van der Waals surface area contributed by atoms with Gasteiger partial charge in [-0.3, -0.25) is 9.59 Å². The van der Waals surface area contributed by atoms with Crippen LogP contribution in [0, 0.1) is 28.1 Å². The first-order chi connectivity index (χ1) is 13.0. The van der Waals surface area contributed by atoms with Gasteiger partial charge in [0.05, 0.1) is 10.8 Å². The number of carbonyl (C=O) groups excluding carboxylic acids is 2. The second kappa shape index (κ2) is 5.94. The quantitative estimate of drug-likeness (QED) is 0.670. The number of rotatable bonds is 5. The molecule has 2 bridgehead atoms. The summed E-state index contributed by atoms with van der Waals surface area (Å²) in [5.41, 5.74) is 11.1. The average molecular weight is 445 g/mol. The number of halogens is 1. The van der Waals surface area contributed by atoms with Crippen molar-refractivity contribution in [3.8, 4) is 0 Å². The summed E-state index contributed by atoms with van der Waals surface area (Å²) in [5, 5.41) is 0. The standard InChI is InChI=1S/C23H29BrN2O2/c1-20(2,3)10-13-22(18(25)27)16-8-9-17(21(16)11-12-21)23(22,19(26)28)14-4-6-15(24)7-5-14/h4-9,16-17H,10-13H2,1-3H3,(H2,25,27)(H2,26,28)/t16-,17+,22+,23-/m1/s1. The molecule has 2 fully saturated rings. The molecule has 2 saturated carbocycles. The maximum absolute atomic E-state index is 13.3. The number of hydrogen-bond donors (Lipinski definition) is 2. The minimum absolute atomic E-state index is 0.0216. The molecule has 4 N–H and O–H groups in total. The van der Waals surface area contributed by atoms with E-state index in [1.807, 2.05) is 24.3 Å². The van der Waals surface area contributed by atoms with Gasteiger partial charge < -0.3 is 11.5 Å². The van der Waals surface area contributed by atoms with E-state index >= 15 is 0 Å². The maximum Gasteiger partial charge on any atom is 0.229 e. The van der Waals surface area contributed by atoms with Crippen molar-refractivity contribution in [1.82, 2.24) is 0 Å². The Morgan fingerprint density at radius 3 is 2.07 bits per heavy atom. The summed E-state index contributed by atoms with van der Waals surface area (Å²) >= 11 is 3.48. The Labute approximate surface area is 175 Å². The number of hydrogen-bond acceptors (Lipinski definition) is 2. The zero-order valence-corrected chi connectivity index (χ0v) is 18.4. The molecule has 0 unspecified atom stereocenters. The highest BCUT2D eigenvalue weighted by Gasteiger charge is 2.82. The Kier molecular flexibility index (Phi) is 4.18. The third-order valence-electron chi connectivity index (χ3n) is 7.66. The topological polar surface area (TPSA) is 86.2 Å². The minimum Gasteiger partial charge on any atom is -0.369 e. The third-order valence-corrected chi connectivity index (χ3v) is 8.19. The van der Waals surface area contributed by atoms with Crippen molar-refractivity contribution in [2.45, 2.75) is 51.9 Å². The van der Waals surface area contributed by atoms with Crippen LogP contribution in [0.4, 0.5) is 0 Å². The van der Waals surface area contributed by atoms with Gasteiger partial charge in [-0.1, -0.05) is 61.0 Å². The van der Waals surface area contributed by atoms with E-state index in [-0.39, 0.29) is 28.6 Å². The Morgan fingerprint density at radius 2 is 1.61 bits per heavy atom. The van der Waals surface area contributed by atoms with E-state index in [1.165, 1.54) is 0 Å². The van der Waals surface area contributed by atoms with E-state index in [2.05, 4.69) is 48.9 Å². The first-order valence-electron chi connectivity index (χ1n) is 10.1. The summed E-state index contributed by atoms with van der Waals surface area (Å²) < 4.78 is 0.926. The first kappa shape index (κ1) is 19.7. The highest BCUT2D eigenvalue weighted by Crippen LogP contribution is 2.80. The molecule has 0 saturated heterocycles. The van der Waals surface area contributed by atoms with Gasteiger partial charge in [-0.25, -0.2) is 0 Å². The van der Waals surface area contributed by atoms with Gasteiger partial charge in [-0.15, -0.1) is 0 Å². The van der Waals surface area contributed by atoms with E-state index in [1.54, 1.807) is 0 Å². The van der Waals surface area contributed by atoms with E-state index in [0.717, 1.165) is 29.3 Å². The lowest BCUT2D eigenvalue weighted by Crippen LogP contribution is -2.62. The predicted molar refractivity (Wildman–Crippen MR) is 113 cm³/mol. The molecule has 4 nitrogen and oxygen atoms in total. The molecule has 3 aliphatic rings. The fourth-order valence-electron chi connectivity index (χ4n) is 6.38. The van der Waals surface area contributed by atoms with Gasteiger partial charge >= 0.3 is 0 Å². The predicted octanol–water partition coefficient (Wildman–Crippen LogP) is 4.07. The van der Waals surface area contributed by atoms with Crippen LogP contribution in [0.1, 0.15) is 52.0 Å². The molecule has 3 aliphatic carbocycles. The molecule has 4 atom stereocenters. The molecule has 1 aromatic carbocycles. The lowest BCUT2D eigenvalue weighted by Gasteiger charge is -2.49. The van der Waals surface area contributed by atoms with Crippen LogP contribution in [0.15, 0.2) is 40.9 Å². The summed E-state index contributed by atoms with van der Waals surface area (Å²) in [4.78, 5) is 26.6. The number of allylic oxidation sites excluding steroid dienone is 2. The van der Waals surface area contributed by atoms with Gasteiger partial charge in [-0.05, 0) is 60.1 Å². The lowest BCUT2D eigenvalue weighted by atomic mass is 9.52. The molecule has 1 aromatic rings. The monoisotopic (exact) mass is 444 g/mol. The molecule has 0 aliphatic heterocycles. The van der Waals surface area contributed by atoms with E-state index in [4.69, 9.17) is 11.5 Å². The summed E-state index contributed by atoms with van der Waals surface area (Å²) in [6.07, 6.45) is 7.71. The van der Waals surface area contributed by atoms with Crippen molar-refractivity contribution >= 4 is 27.7 Å². The molecule has 0 aromatic heterocycles. The van der Waals surface area contributed by atoms with Gasteiger partial charge in [0.2, 0.25) is 11.8 Å². The van der Waals surface area contributed by atoms with Gasteiger partial charge in [0.1, 0.15) is 0 Å². The number of carbonyl (C=O) groups is 2. The smallest absolute Gasteiger partial charge is 0.229 e. The van der Waals surface area contributed by atoms with Crippen LogP contribution in [0.5, 0.6) is 0 Å². The lowest BCUT2D eigenvalue weighted by molar-refractivity contribution is -0.144. The first-order valence-corrected chi connectivity index (χ1v) is 10.9. The molecule has 2 amide bonds. The SMILES string of the molecule is CC(C)(C)CC[C@@]1(C(N)=O)[C@@H]2C=C[C@@H](C23CC3)[C@@]1(C(N)=O)c1ccc(Br)cc1. The van der Waals surface area contributed by atoms with Gasteiger partial charge in [0.25, 0.3) is 0 Å². The fraction of sp³-hybridized carbons (Fsp3) is 0.565. The summed E-state index contributed by atoms with van der Waals surface area (Å²) in [6.45, 7) is 6.47.